The van der Waals surface area contributed by atoms with E-state index in [0.29, 0.717) is 44.1 Å². The minimum Gasteiger partial charge on any atom is -0.489 e. The minimum atomic E-state index is 0.506. The summed E-state index contributed by atoms with van der Waals surface area (Å²) in [7, 11) is 0. The van der Waals surface area contributed by atoms with Crippen molar-refractivity contribution < 1.29 is 9.47 Å². The zero-order valence-electron chi connectivity index (χ0n) is 24.2. The van der Waals surface area contributed by atoms with E-state index >= 15 is 0 Å². The van der Waals surface area contributed by atoms with Crippen LogP contribution in [0.5, 0.6) is 11.6 Å². The van der Waals surface area contributed by atoms with Gasteiger partial charge in [-0.05, 0) is 52.6 Å². The molecule has 0 fully saturated rings. The molecule has 0 saturated heterocycles. The van der Waals surface area contributed by atoms with Crippen molar-refractivity contribution in [2.24, 2.45) is 0 Å². The third-order valence-electron chi connectivity index (χ3n) is 6.25. The summed E-state index contributed by atoms with van der Waals surface area (Å²) < 4.78 is 11.3. The molecule has 3 heterocycles. The van der Waals surface area contributed by atoms with Gasteiger partial charge in [-0.2, -0.15) is 0 Å². The minimum absolute atomic E-state index is 0.506. The predicted octanol–water partition coefficient (Wildman–Crippen LogP) is 6.73. The van der Waals surface area contributed by atoms with Crippen LogP contribution in [-0.2, 0) is 26.3 Å². The molecule has 9 heteroatoms. The lowest BCUT2D eigenvalue weighted by Gasteiger charge is -2.08. The highest BCUT2D eigenvalue weighted by Crippen LogP contribution is 2.13. The van der Waals surface area contributed by atoms with Crippen molar-refractivity contribution in [1.29, 1.82) is 0 Å². The summed E-state index contributed by atoms with van der Waals surface area (Å²) >= 11 is 0. The molecule has 0 bridgehead atoms. The quantitative estimate of drug-likeness (QED) is 0.162. The van der Waals surface area contributed by atoms with Crippen LogP contribution in [0.1, 0.15) is 22.3 Å². The van der Waals surface area contributed by atoms with Crippen molar-refractivity contribution in [3.05, 3.63) is 162 Å². The number of pyridine rings is 1. The standard InChI is InChI=1S/C18H17N3O.C17H16N4O/c1-2-5-17(6-3-1)22-14-16-9-7-15(8-10-16)13-21-18-19-11-4-12-20-18;1-2-9-18-16(4-1)22-13-15-7-5-14(6-8-15)12-21-17-19-10-3-11-20-17/h1-12H,13-14H2,(H,19,20,21);1-11H,12-13H2,(H,19,20,21). The van der Waals surface area contributed by atoms with Gasteiger partial charge in [0, 0.05) is 50.1 Å². The highest BCUT2D eigenvalue weighted by Gasteiger charge is 2.00. The molecule has 6 aromatic rings. The zero-order chi connectivity index (χ0) is 30.1. The van der Waals surface area contributed by atoms with E-state index in [0.717, 1.165) is 22.4 Å². The van der Waals surface area contributed by atoms with Gasteiger partial charge in [0.1, 0.15) is 19.0 Å². The van der Waals surface area contributed by atoms with E-state index in [-0.39, 0.29) is 0 Å². The molecule has 2 N–H and O–H groups in total. The second-order valence-electron chi connectivity index (χ2n) is 9.54. The van der Waals surface area contributed by atoms with Crippen LogP contribution >= 0.6 is 0 Å². The Hall–Kier alpha value is -5.83. The number of ether oxygens (including phenoxy) is 2. The molecular weight excluding hydrogens is 550 g/mol. The Balaban J connectivity index is 0.000000175. The Kier molecular flexibility index (Phi) is 11.2. The monoisotopic (exact) mass is 583 g/mol. The van der Waals surface area contributed by atoms with Crippen molar-refractivity contribution in [3.63, 3.8) is 0 Å². The fourth-order valence-electron chi connectivity index (χ4n) is 3.92. The number of rotatable bonds is 12. The van der Waals surface area contributed by atoms with E-state index < -0.39 is 0 Å². The molecule has 6 rings (SSSR count). The van der Waals surface area contributed by atoms with Gasteiger partial charge in [-0.1, -0.05) is 72.8 Å². The van der Waals surface area contributed by atoms with Gasteiger partial charge in [0.15, 0.2) is 0 Å². The zero-order valence-corrected chi connectivity index (χ0v) is 24.2. The lowest BCUT2D eigenvalue weighted by molar-refractivity contribution is 0.294. The van der Waals surface area contributed by atoms with Crippen LogP contribution < -0.4 is 20.1 Å². The summed E-state index contributed by atoms with van der Waals surface area (Å²) in [6.45, 7) is 2.46. The molecule has 44 heavy (non-hydrogen) atoms. The van der Waals surface area contributed by atoms with E-state index in [1.54, 1.807) is 43.1 Å². The SMILES string of the molecule is c1ccc(OCc2ccc(CNc3ncccn3)cc2)cc1.c1ccc(OCc2ccc(CNc3ncccn3)cc2)nc1. The normalized spacial score (nSPS) is 10.2. The number of para-hydroxylation sites is 1. The Morgan fingerprint density at radius 3 is 1.36 bits per heavy atom. The number of nitrogens with one attached hydrogen (secondary N) is 2. The third-order valence-corrected chi connectivity index (χ3v) is 6.25. The Morgan fingerprint density at radius 2 is 0.864 bits per heavy atom. The molecule has 9 nitrogen and oxygen atoms in total. The van der Waals surface area contributed by atoms with Gasteiger partial charge < -0.3 is 20.1 Å². The van der Waals surface area contributed by atoms with Crippen LogP contribution in [0.2, 0.25) is 0 Å². The van der Waals surface area contributed by atoms with Gasteiger partial charge in [0.05, 0.1) is 0 Å². The summed E-state index contributed by atoms with van der Waals surface area (Å²) in [4.78, 5) is 20.6. The van der Waals surface area contributed by atoms with Crippen molar-refractivity contribution in [3.8, 4) is 11.6 Å². The molecule has 0 saturated carbocycles. The van der Waals surface area contributed by atoms with Gasteiger partial charge in [-0.15, -0.1) is 0 Å². The topological polar surface area (TPSA) is 107 Å². The summed E-state index contributed by atoms with van der Waals surface area (Å²) in [6, 6.07) is 35.6. The van der Waals surface area contributed by atoms with E-state index in [1.165, 1.54) is 5.56 Å². The number of hydrogen-bond acceptors (Lipinski definition) is 9. The maximum atomic E-state index is 5.73. The number of anilines is 2. The molecule has 3 aromatic heterocycles. The lowest BCUT2D eigenvalue weighted by atomic mass is 10.1. The maximum absolute atomic E-state index is 5.73. The van der Waals surface area contributed by atoms with Crippen LogP contribution in [-0.4, -0.2) is 24.9 Å². The molecule has 0 aliphatic rings. The lowest BCUT2D eigenvalue weighted by Crippen LogP contribution is -2.03. The highest BCUT2D eigenvalue weighted by molar-refractivity contribution is 5.30. The van der Waals surface area contributed by atoms with Crippen molar-refractivity contribution >= 4 is 11.9 Å². The van der Waals surface area contributed by atoms with Crippen molar-refractivity contribution in [2.75, 3.05) is 10.6 Å². The fourth-order valence-corrected chi connectivity index (χ4v) is 3.92. The van der Waals surface area contributed by atoms with E-state index in [9.17, 15) is 0 Å². The van der Waals surface area contributed by atoms with Crippen LogP contribution in [0.3, 0.4) is 0 Å². The first kappa shape index (κ1) is 29.7. The molecule has 0 amide bonds. The van der Waals surface area contributed by atoms with Crippen molar-refractivity contribution in [2.45, 2.75) is 26.3 Å². The first-order valence-electron chi connectivity index (χ1n) is 14.2. The molecule has 0 radical (unpaired) electrons. The maximum Gasteiger partial charge on any atom is 0.222 e. The molecule has 0 aliphatic carbocycles. The van der Waals surface area contributed by atoms with Gasteiger partial charge in [0.2, 0.25) is 17.8 Å². The third kappa shape index (κ3) is 10.2. The summed E-state index contributed by atoms with van der Waals surface area (Å²) in [5, 5.41) is 6.36. The van der Waals surface area contributed by atoms with Crippen LogP contribution in [0, 0.1) is 0 Å². The fraction of sp³-hybridized carbons (Fsp3) is 0.114. The molecule has 0 spiro atoms. The molecule has 0 aliphatic heterocycles. The van der Waals surface area contributed by atoms with Crippen molar-refractivity contribution in [1.82, 2.24) is 24.9 Å². The highest BCUT2D eigenvalue weighted by atomic mass is 16.5. The number of benzene rings is 3. The van der Waals surface area contributed by atoms with E-state index in [1.807, 2.05) is 60.7 Å². The summed E-state index contributed by atoms with van der Waals surface area (Å²) in [5.41, 5.74) is 4.58. The van der Waals surface area contributed by atoms with Gasteiger partial charge in [-0.3, -0.25) is 0 Å². The van der Waals surface area contributed by atoms with E-state index in [2.05, 4.69) is 72.0 Å². The van der Waals surface area contributed by atoms with Crippen LogP contribution in [0.15, 0.2) is 140 Å². The van der Waals surface area contributed by atoms with Gasteiger partial charge >= 0.3 is 0 Å². The molecular formula is C35H33N7O2. The summed E-state index contributed by atoms with van der Waals surface area (Å²) in [5.74, 6) is 2.79. The number of aromatic nitrogens is 5. The smallest absolute Gasteiger partial charge is 0.222 e. The second-order valence-corrected chi connectivity index (χ2v) is 9.54. The van der Waals surface area contributed by atoms with Gasteiger partial charge in [-0.25, -0.2) is 24.9 Å². The molecule has 0 atom stereocenters. The predicted molar refractivity (Wildman–Crippen MR) is 171 cm³/mol. The van der Waals surface area contributed by atoms with E-state index in [4.69, 9.17) is 9.47 Å². The van der Waals surface area contributed by atoms with Crippen LogP contribution in [0.25, 0.3) is 0 Å². The van der Waals surface area contributed by atoms with Crippen LogP contribution in [0.4, 0.5) is 11.9 Å². The molecule has 0 unspecified atom stereocenters. The molecule has 220 valence electrons. The first-order chi connectivity index (χ1) is 21.8. The largest absolute Gasteiger partial charge is 0.489 e. The molecule has 3 aromatic carbocycles. The average Bonchev–Trinajstić information content (AvgIpc) is 3.11. The summed E-state index contributed by atoms with van der Waals surface area (Å²) in [6.07, 6.45) is 8.59. The van der Waals surface area contributed by atoms with Gasteiger partial charge in [0.25, 0.3) is 0 Å². The average molecular weight is 584 g/mol. The first-order valence-corrected chi connectivity index (χ1v) is 14.2. The Labute approximate surface area is 257 Å². The second kappa shape index (κ2) is 16.6. The Morgan fingerprint density at radius 1 is 0.409 bits per heavy atom. The number of nitrogens with zero attached hydrogens (tertiary/aromatic N) is 5. The number of hydrogen-bond donors (Lipinski definition) is 2. The Bertz CT molecular complexity index is 1370.